The number of alkyl halides is 3. The monoisotopic (exact) mass is 320 g/mol. The molecule has 1 aromatic heterocycles. The molecular formula is C13H9ClF4N2O. The fourth-order valence-corrected chi connectivity index (χ4v) is 1.72. The fraction of sp³-hybridized carbons (Fsp3) is 0.231. The normalized spacial score (nSPS) is 11.5. The van der Waals surface area contributed by atoms with E-state index in [9.17, 15) is 17.6 Å². The van der Waals surface area contributed by atoms with Gasteiger partial charge in [0.1, 0.15) is 12.1 Å². The van der Waals surface area contributed by atoms with Crippen LogP contribution >= 0.6 is 11.6 Å². The van der Waals surface area contributed by atoms with Gasteiger partial charge in [-0.2, -0.15) is 22.5 Å². The fourth-order valence-electron chi connectivity index (χ4n) is 1.57. The third-order valence-electron chi connectivity index (χ3n) is 2.63. The van der Waals surface area contributed by atoms with Gasteiger partial charge in [-0.1, -0.05) is 18.5 Å². The highest BCUT2D eigenvalue weighted by molar-refractivity contribution is 6.32. The molecule has 0 unspecified atom stereocenters. The van der Waals surface area contributed by atoms with Crippen LogP contribution in [0.2, 0.25) is 5.02 Å². The largest absolute Gasteiger partial charge is 0.435 e. The van der Waals surface area contributed by atoms with Gasteiger partial charge < -0.3 is 4.74 Å². The zero-order valence-electron chi connectivity index (χ0n) is 10.7. The molecule has 8 heteroatoms. The Hall–Kier alpha value is -1.89. The molecule has 0 aliphatic carbocycles. The van der Waals surface area contributed by atoms with Crippen molar-refractivity contribution in [2.24, 2.45) is 0 Å². The van der Waals surface area contributed by atoms with E-state index >= 15 is 0 Å². The summed E-state index contributed by atoms with van der Waals surface area (Å²) in [5, 5.41) is -0.0842. The zero-order chi connectivity index (χ0) is 15.6. The lowest BCUT2D eigenvalue weighted by Gasteiger charge is -2.12. The first-order chi connectivity index (χ1) is 9.82. The highest BCUT2D eigenvalue weighted by Gasteiger charge is 2.31. The van der Waals surface area contributed by atoms with E-state index in [0.29, 0.717) is 12.5 Å². The van der Waals surface area contributed by atoms with Gasteiger partial charge >= 0.3 is 6.18 Å². The van der Waals surface area contributed by atoms with E-state index in [2.05, 4.69) is 9.97 Å². The Morgan fingerprint density at radius 1 is 1.24 bits per heavy atom. The number of hydrogen-bond donors (Lipinski definition) is 0. The van der Waals surface area contributed by atoms with Gasteiger partial charge in [-0.05, 0) is 24.6 Å². The Morgan fingerprint density at radius 2 is 1.95 bits per heavy atom. The van der Waals surface area contributed by atoms with Crippen LogP contribution in [-0.2, 0) is 12.6 Å². The summed E-state index contributed by atoms with van der Waals surface area (Å²) in [6.07, 6.45) is -3.19. The van der Waals surface area contributed by atoms with Gasteiger partial charge in [0.25, 0.3) is 5.88 Å². The number of halogens is 5. The number of benzene rings is 1. The summed E-state index contributed by atoms with van der Waals surface area (Å²) < 4.78 is 56.9. The Kier molecular flexibility index (Phi) is 4.32. The van der Waals surface area contributed by atoms with Crippen molar-refractivity contribution >= 4 is 11.6 Å². The number of rotatable bonds is 3. The van der Waals surface area contributed by atoms with Crippen molar-refractivity contribution in [2.75, 3.05) is 0 Å². The predicted molar refractivity (Wildman–Crippen MR) is 67.9 cm³/mol. The van der Waals surface area contributed by atoms with Gasteiger partial charge in [0, 0.05) is 0 Å². The summed E-state index contributed by atoms with van der Waals surface area (Å²) in [5.74, 6) is -1.62. The van der Waals surface area contributed by atoms with Gasteiger partial charge in [-0.15, -0.1) is 0 Å². The molecule has 0 N–H and O–H groups in total. The van der Waals surface area contributed by atoms with Gasteiger partial charge in [0.2, 0.25) is 5.82 Å². The van der Waals surface area contributed by atoms with Crippen LogP contribution in [0.4, 0.5) is 17.6 Å². The van der Waals surface area contributed by atoms with Gasteiger partial charge in [0.15, 0.2) is 0 Å². The molecule has 0 aliphatic heterocycles. The zero-order valence-corrected chi connectivity index (χ0v) is 11.5. The highest BCUT2D eigenvalue weighted by Crippen LogP contribution is 2.36. The van der Waals surface area contributed by atoms with Crippen LogP contribution in [0.1, 0.15) is 18.2 Å². The molecule has 0 spiro atoms. The van der Waals surface area contributed by atoms with E-state index in [1.165, 1.54) is 0 Å². The van der Waals surface area contributed by atoms with Gasteiger partial charge in [0.05, 0.1) is 16.3 Å². The molecule has 21 heavy (non-hydrogen) atoms. The summed E-state index contributed by atoms with van der Waals surface area (Å²) in [6, 6.07) is 2.53. The molecule has 2 rings (SSSR count). The second kappa shape index (κ2) is 5.85. The van der Waals surface area contributed by atoms with E-state index in [-0.39, 0.29) is 16.5 Å². The molecule has 1 heterocycles. The van der Waals surface area contributed by atoms with E-state index in [1.54, 1.807) is 6.92 Å². The van der Waals surface area contributed by atoms with Crippen LogP contribution in [0.3, 0.4) is 0 Å². The van der Waals surface area contributed by atoms with Gasteiger partial charge in [-0.25, -0.2) is 4.98 Å². The van der Waals surface area contributed by atoms with E-state index < -0.39 is 23.4 Å². The van der Waals surface area contributed by atoms with Crippen LogP contribution < -0.4 is 4.74 Å². The number of aromatic nitrogens is 2. The lowest BCUT2D eigenvalue weighted by Crippen LogP contribution is -2.05. The van der Waals surface area contributed by atoms with Crippen molar-refractivity contribution in [3.63, 3.8) is 0 Å². The minimum Gasteiger partial charge on any atom is -0.435 e. The SMILES string of the molecule is CCc1ncnc(Oc2cc(C(F)(F)F)ccc2Cl)c1F. The summed E-state index contributed by atoms with van der Waals surface area (Å²) in [6.45, 7) is 1.67. The first-order valence-corrected chi connectivity index (χ1v) is 6.24. The predicted octanol–water partition coefficient (Wildman–Crippen LogP) is 4.64. The van der Waals surface area contributed by atoms with Crippen LogP contribution in [0, 0.1) is 5.82 Å². The van der Waals surface area contributed by atoms with Crippen LogP contribution in [0.5, 0.6) is 11.6 Å². The summed E-state index contributed by atoms with van der Waals surface area (Å²) >= 11 is 5.76. The maximum absolute atomic E-state index is 13.9. The van der Waals surface area contributed by atoms with Crippen molar-refractivity contribution in [1.82, 2.24) is 9.97 Å². The molecule has 0 bridgehead atoms. The molecule has 0 amide bonds. The van der Waals surface area contributed by atoms with Gasteiger partial charge in [-0.3, -0.25) is 0 Å². The maximum Gasteiger partial charge on any atom is 0.416 e. The standard InChI is InChI=1S/C13H9ClF4N2O/c1-2-9-11(15)12(20-6-19-9)21-10-5-7(13(16,17)18)3-4-8(10)14/h3-6H,2H2,1H3. The molecule has 0 saturated carbocycles. The molecule has 0 atom stereocenters. The molecule has 1 aromatic carbocycles. The summed E-state index contributed by atoms with van der Waals surface area (Å²) in [7, 11) is 0. The third-order valence-corrected chi connectivity index (χ3v) is 2.94. The van der Waals surface area contributed by atoms with Crippen molar-refractivity contribution in [1.29, 1.82) is 0 Å². The average molecular weight is 321 g/mol. The van der Waals surface area contributed by atoms with E-state index in [4.69, 9.17) is 16.3 Å². The second-order valence-electron chi connectivity index (χ2n) is 4.04. The molecule has 112 valence electrons. The minimum atomic E-state index is -4.55. The smallest absolute Gasteiger partial charge is 0.416 e. The van der Waals surface area contributed by atoms with Crippen molar-refractivity contribution < 1.29 is 22.3 Å². The first kappa shape index (κ1) is 15.5. The topological polar surface area (TPSA) is 35.0 Å². The molecule has 3 nitrogen and oxygen atoms in total. The number of ether oxygens (including phenoxy) is 1. The number of nitrogens with zero attached hydrogens (tertiary/aromatic N) is 2. The van der Waals surface area contributed by atoms with Crippen LogP contribution in [0.15, 0.2) is 24.5 Å². The quantitative estimate of drug-likeness (QED) is 0.773. The number of aryl methyl sites for hydroxylation is 1. The number of hydrogen-bond acceptors (Lipinski definition) is 3. The minimum absolute atomic E-state index is 0.0842. The summed E-state index contributed by atoms with van der Waals surface area (Å²) in [4.78, 5) is 7.27. The van der Waals surface area contributed by atoms with E-state index in [1.807, 2.05) is 0 Å². The van der Waals surface area contributed by atoms with Crippen molar-refractivity contribution in [2.45, 2.75) is 19.5 Å². The summed E-state index contributed by atoms with van der Waals surface area (Å²) in [5.41, 5.74) is -0.852. The molecular weight excluding hydrogens is 312 g/mol. The lowest BCUT2D eigenvalue weighted by molar-refractivity contribution is -0.137. The Bertz CT molecular complexity index is 661. The van der Waals surface area contributed by atoms with E-state index in [0.717, 1.165) is 18.5 Å². The van der Waals surface area contributed by atoms with Crippen molar-refractivity contribution in [3.8, 4) is 11.6 Å². The van der Waals surface area contributed by atoms with Crippen LogP contribution in [0.25, 0.3) is 0 Å². The third kappa shape index (κ3) is 3.41. The lowest BCUT2D eigenvalue weighted by atomic mass is 10.2. The molecule has 0 fully saturated rings. The molecule has 0 aliphatic rings. The second-order valence-corrected chi connectivity index (χ2v) is 4.45. The maximum atomic E-state index is 13.9. The van der Waals surface area contributed by atoms with Crippen molar-refractivity contribution in [3.05, 3.63) is 46.6 Å². The Labute approximate surface area is 122 Å². The first-order valence-electron chi connectivity index (χ1n) is 5.87. The highest BCUT2D eigenvalue weighted by atomic mass is 35.5. The Balaban J connectivity index is 2.40. The van der Waals surface area contributed by atoms with Crippen LogP contribution in [-0.4, -0.2) is 9.97 Å². The molecule has 0 saturated heterocycles. The molecule has 2 aromatic rings. The molecule has 0 radical (unpaired) electrons. The Morgan fingerprint density at radius 3 is 2.57 bits per heavy atom. The average Bonchev–Trinajstić information content (AvgIpc) is 2.42.